The van der Waals surface area contributed by atoms with Gasteiger partial charge in [-0.25, -0.2) is 0 Å². The fraction of sp³-hybridized carbons (Fsp3) is 0.300. The Kier molecular flexibility index (Phi) is 2.75. The fourth-order valence-corrected chi connectivity index (χ4v) is 1.70. The van der Waals surface area contributed by atoms with Gasteiger partial charge in [-0.3, -0.25) is 0 Å². The number of fused-ring (bicyclic) bond motifs is 1. The van der Waals surface area contributed by atoms with Crippen LogP contribution in [-0.4, -0.2) is 18.1 Å². The van der Waals surface area contributed by atoms with Crippen LogP contribution in [0, 0.1) is 0 Å². The predicted octanol–water partition coefficient (Wildman–Crippen LogP) is 2.36. The lowest BCUT2D eigenvalue weighted by molar-refractivity contribution is -0.137. The van der Waals surface area contributed by atoms with E-state index >= 15 is 0 Å². The molecule has 1 heterocycles. The second-order valence-corrected chi connectivity index (χ2v) is 3.72. The highest BCUT2D eigenvalue weighted by Crippen LogP contribution is 2.33. The Morgan fingerprint density at radius 3 is 2.75 bits per heavy atom. The van der Waals surface area contributed by atoms with Crippen molar-refractivity contribution in [2.24, 2.45) is 0 Å². The van der Waals surface area contributed by atoms with E-state index in [-0.39, 0.29) is 5.75 Å². The second kappa shape index (κ2) is 3.93. The number of alkyl halides is 3. The van der Waals surface area contributed by atoms with Crippen LogP contribution >= 0.6 is 12.2 Å². The Morgan fingerprint density at radius 1 is 1.31 bits per heavy atom. The summed E-state index contributed by atoms with van der Waals surface area (Å²) in [4.78, 5) is 0.418. The van der Waals surface area contributed by atoms with Gasteiger partial charge < -0.3 is 10.1 Å². The molecule has 0 bridgehead atoms. The normalized spacial score (nSPS) is 15.8. The molecule has 1 N–H and O–H groups in total. The van der Waals surface area contributed by atoms with Gasteiger partial charge in [0.2, 0.25) is 0 Å². The highest BCUT2D eigenvalue weighted by atomic mass is 32.1. The molecule has 1 aliphatic rings. The maximum atomic E-state index is 12.5. The molecule has 1 aliphatic heterocycles. The van der Waals surface area contributed by atoms with E-state index in [1.165, 1.54) is 6.07 Å². The molecule has 0 unspecified atom stereocenters. The molecule has 2 rings (SSSR count). The lowest BCUT2D eigenvalue weighted by Crippen LogP contribution is -2.23. The highest BCUT2D eigenvalue weighted by molar-refractivity contribution is 7.80. The minimum atomic E-state index is -4.36. The van der Waals surface area contributed by atoms with Crippen LogP contribution in [0.2, 0.25) is 0 Å². The summed E-state index contributed by atoms with van der Waals surface area (Å²) in [6.45, 7) is 0.795. The van der Waals surface area contributed by atoms with Crippen molar-refractivity contribution < 1.29 is 17.9 Å². The van der Waals surface area contributed by atoms with Crippen LogP contribution in [0.3, 0.4) is 0 Å². The number of ether oxygens (including phenoxy) is 1. The van der Waals surface area contributed by atoms with Gasteiger partial charge in [-0.1, -0.05) is 12.2 Å². The van der Waals surface area contributed by atoms with Crippen LogP contribution in [-0.2, 0) is 6.18 Å². The van der Waals surface area contributed by atoms with E-state index in [1.54, 1.807) is 0 Å². The van der Waals surface area contributed by atoms with Crippen LogP contribution in [0.1, 0.15) is 11.1 Å². The molecular weight excluding hydrogens is 239 g/mol. The molecule has 16 heavy (non-hydrogen) atoms. The van der Waals surface area contributed by atoms with Crippen molar-refractivity contribution >= 4 is 17.2 Å². The predicted molar refractivity (Wildman–Crippen MR) is 56.6 cm³/mol. The summed E-state index contributed by atoms with van der Waals surface area (Å²) in [5.41, 5.74) is -0.226. The average Bonchev–Trinajstić information content (AvgIpc) is 2.39. The van der Waals surface area contributed by atoms with Gasteiger partial charge in [-0.2, -0.15) is 13.2 Å². The lowest BCUT2D eigenvalue weighted by atomic mass is 10.1. The molecule has 86 valence electrons. The Bertz CT molecular complexity index is 431. The van der Waals surface area contributed by atoms with E-state index in [0.29, 0.717) is 23.7 Å². The SMILES string of the molecule is FC(F)(F)c1ccc2c(c1)OCCNC2=S. The number of benzene rings is 1. The van der Waals surface area contributed by atoms with E-state index in [2.05, 4.69) is 5.32 Å². The molecule has 0 amide bonds. The van der Waals surface area contributed by atoms with E-state index in [0.717, 1.165) is 12.1 Å². The van der Waals surface area contributed by atoms with Crippen molar-refractivity contribution in [1.82, 2.24) is 5.32 Å². The average molecular weight is 247 g/mol. The molecule has 0 spiro atoms. The van der Waals surface area contributed by atoms with Crippen LogP contribution in [0.4, 0.5) is 13.2 Å². The van der Waals surface area contributed by atoms with Gasteiger partial charge in [-0.05, 0) is 18.2 Å². The first-order chi connectivity index (χ1) is 7.48. The number of rotatable bonds is 0. The van der Waals surface area contributed by atoms with Crippen LogP contribution < -0.4 is 10.1 Å². The number of halogens is 3. The Balaban J connectivity index is 2.45. The zero-order valence-corrected chi connectivity index (χ0v) is 8.91. The van der Waals surface area contributed by atoms with Crippen molar-refractivity contribution in [2.75, 3.05) is 13.2 Å². The second-order valence-electron chi connectivity index (χ2n) is 3.31. The molecule has 0 saturated heterocycles. The largest absolute Gasteiger partial charge is 0.491 e. The smallest absolute Gasteiger partial charge is 0.416 e. The monoisotopic (exact) mass is 247 g/mol. The van der Waals surface area contributed by atoms with E-state index in [9.17, 15) is 13.2 Å². The molecule has 0 radical (unpaired) electrons. The molecule has 1 aromatic carbocycles. The molecule has 0 fully saturated rings. The van der Waals surface area contributed by atoms with Crippen molar-refractivity contribution in [2.45, 2.75) is 6.18 Å². The Hall–Kier alpha value is -1.30. The van der Waals surface area contributed by atoms with Crippen molar-refractivity contribution in [3.63, 3.8) is 0 Å². The first kappa shape index (κ1) is 11.2. The number of nitrogens with one attached hydrogen (secondary N) is 1. The minimum Gasteiger partial charge on any atom is -0.491 e. The molecule has 0 saturated carbocycles. The lowest BCUT2D eigenvalue weighted by Gasteiger charge is -2.11. The van der Waals surface area contributed by atoms with Gasteiger partial charge in [0.1, 0.15) is 17.3 Å². The van der Waals surface area contributed by atoms with Gasteiger partial charge >= 0.3 is 6.18 Å². The number of thiocarbonyl (C=S) groups is 1. The van der Waals surface area contributed by atoms with E-state index in [4.69, 9.17) is 17.0 Å². The van der Waals surface area contributed by atoms with Gasteiger partial charge in [-0.15, -0.1) is 0 Å². The Morgan fingerprint density at radius 2 is 2.06 bits per heavy atom. The standard InChI is InChI=1S/C10H8F3NOS/c11-10(12,13)6-1-2-7-8(5-6)15-4-3-14-9(7)16/h1-2,5H,3-4H2,(H,14,16). The zero-order valence-electron chi connectivity index (χ0n) is 8.10. The van der Waals surface area contributed by atoms with Gasteiger partial charge in [0, 0.05) is 6.54 Å². The topological polar surface area (TPSA) is 21.3 Å². The third-order valence-electron chi connectivity index (χ3n) is 2.20. The third-order valence-corrected chi connectivity index (χ3v) is 2.56. The molecule has 6 heteroatoms. The molecule has 0 aromatic heterocycles. The summed E-state index contributed by atoms with van der Waals surface area (Å²) >= 11 is 5.01. The molecular formula is C10H8F3NOS. The van der Waals surface area contributed by atoms with Crippen molar-refractivity contribution in [1.29, 1.82) is 0 Å². The van der Waals surface area contributed by atoms with E-state index < -0.39 is 11.7 Å². The maximum absolute atomic E-state index is 12.5. The summed E-state index contributed by atoms with van der Waals surface area (Å²) in [7, 11) is 0. The summed E-state index contributed by atoms with van der Waals surface area (Å²) in [5, 5.41) is 2.88. The van der Waals surface area contributed by atoms with Crippen LogP contribution in [0.5, 0.6) is 5.75 Å². The summed E-state index contributed by atoms with van der Waals surface area (Å²) < 4.78 is 42.6. The Labute approximate surface area is 95.4 Å². The number of hydrogen-bond acceptors (Lipinski definition) is 2. The maximum Gasteiger partial charge on any atom is 0.416 e. The first-order valence-electron chi connectivity index (χ1n) is 4.61. The highest BCUT2D eigenvalue weighted by Gasteiger charge is 2.31. The van der Waals surface area contributed by atoms with Gasteiger partial charge in [0.05, 0.1) is 11.1 Å². The zero-order chi connectivity index (χ0) is 11.8. The molecule has 0 aliphatic carbocycles. The van der Waals surface area contributed by atoms with Crippen LogP contribution in [0.25, 0.3) is 0 Å². The van der Waals surface area contributed by atoms with Crippen molar-refractivity contribution in [3.05, 3.63) is 29.3 Å². The van der Waals surface area contributed by atoms with Gasteiger partial charge in [0.25, 0.3) is 0 Å². The minimum absolute atomic E-state index is 0.185. The molecule has 1 aromatic rings. The van der Waals surface area contributed by atoms with Gasteiger partial charge in [0.15, 0.2) is 0 Å². The van der Waals surface area contributed by atoms with E-state index in [1.807, 2.05) is 0 Å². The third kappa shape index (κ3) is 2.11. The number of hydrogen-bond donors (Lipinski definition) is 1. The summed E-state index contributed by atoms with van der Waals surface area (Å²) in [5.74, 6) is 0.185. The molecule has 0 atom stereocenters. The summed E-state index contributed by atoms with van der Waals surface area (Å²) in [6, 6.07) is 3.31. The quantitative estimate of drug-likeness (QED) is 0.711. The molecule has 2 nitrogen and oxygen atoms in total. The fourth-order valence-electron chi connectivity index (χ4n) is 1.43. The summed E-state index contributed by atoms with van der Waals surface area (Å²) in [6.07, 6.45) is -4.36. The van der Waals surface area contributed by atoms with Crippen LogP contribution in [0.15, 0.2) is 18.2 Å². The first-order valence-corrected chi connectivity index (χ1v) is 5.01. The van der Waals surface area contributed by atoms with Crippen molar-refractivity contribution in [3.8, 4) is 5.75 Å².